The molecule has 5 nitrogen and oxygen atoms in total. The number of nitrogens with zero attached hydrogens (tertiary/aromatic N) is 4. The van der Waals surface area contributed by atoms with Crippen LogP contribution in [0.15, 0.2) is 199 Å². The van der Waals surface area contributed by atoms with Gasteiger partial charge >= 0.3 is 0 Å². The Morgan fingerprint density at radius 2 is 0.867 bits per heavy atom. The molecule has 10 aromatic carbocycles. The highest BCUT2D eigenvalue weighted by atomic mass is 16.3. The predicted octanol–water partition coefficient (Wildman–Crippen LogP) is 14.5. The summed E-state index contributed by atoms with van der Waals surface area (Å²) in [7, 11) is 0. The molecule has 0 atom stereocenters. The molecule has 0 fully saturated rings. The van der Waals surface area contributed by atoms with E-state index < -0.39 is 0 Å². The Balaban J connectivity index is 1.14. The van der Waals surface area contributed by atoms with Gasteiger partial charge in [0.15, 0.2) is 11.6 Å². The predicted molar refractivity (Wildman–Crippen MR) is 248 cm³/mol. The van der Waals surface area contributed by atoms with Crippen LogP contribution in [0.5, 0.6) is 0 Å². The minimum absolute atomic E-state index is 0.552. The highest BCUT2D eigenvalue weighted by molar-refractivity contribution is 6.28. The summed E-state index contributed by atoms with van der Waals surface area (Å²) in [6.45, 7) is 0. The van der Waals surface area contributed by atoms with E-state index in [0.717, 1.165) is 71.4 Å². The molecule has 0 bridgehead atoms. The van der Waals surface area contributed by atoms with Gasteiger partial charge in [-0.3, -0.25) is 4.57 Å². The van der Waals surface area contributed by atoms with Gasteiger partial charge in [-0.25, -0.2) is 4.98 Å². The molecule has 60 heavy (non-hydrogen) atoms. The Kier molecular flexibility index (Phi) is 6.95. The van der Waals surface area contributed by atoms with Crippen LogP contribution < -0.4 is 0 Å². The minimum atomic E-state index is 0.552. The van der Waals surface area contributed by atoms with E-state index in [1.807, 2.05) is 6.07 Å². The SMILES string of the molecule is c1ccc(-c2cc3ccccc3cc2-c2nc(-c3ccc4oc5cc6ccccc6cc5c4c3)nc(-n3c4ccc5ccccc5c4c4c5ccccc5ccc43)n2)cc1. The van der Waals surface area contributed by atoms with Gasteiger partial charge in [0, 0.05) is 32.7 Å². The van der Waals surface area contributed by atoms with Crippen molar-refractivity contribution >= 4 is 86.8 Å². The van der Waals surface area contributed by atoms with Crippen molar-refractivity contribution in [3.05, 3.63) is 194 Å². The van der Waals surface area contributed by atoms with Gasteiger partial charge in [0.2, 0.25) is 5.95 Å². The highest BCUT2D eigenvalue weighted by Crippen LogP contribution is 2.42. The Morgan fingerprint density at radius 1 is 0.333 bits per heavy atom. The van der Waals surface area contributed by atoms with E-state index >= 15 is 0 Å². The van der Waals surface area contributed by atoms with Gasteiger partial charge in [0.25, 0.3) is 0 Å². The zero-order valence-electron chi connectivity index (χ0n) is 32.2. The van der Waals surface area contributed by atoms with E-state index in [-0.39, 0.29) is 0 Å². The lowest BCUT2D eigenvalue weighted by molar-refractivity contribution is 0.669. The van der Waals surface area contributed by atoms with Crippen molar-refractivity contribution in [3.8, 4) is 39.9 Å². The molecule has 0 saturated heterocycles. The summed E-state index contributed by atoms with van der Waals surface area (Å²) in [5.41, 5.74) is 7.70. The lowest BCUT2D eigenvalue weighted by Crippen LogP contribution is -2.07. The smallest absolute Gasteiger partial charge is 0.238 e. The van der Waals surface area contributed by atoms with Crippen LogP contribution in [0, 0.1) is 0 Å². The lowest BCUT2D eigenvalue weighted by atomic mass is 9.95. The number of hydrogen-bond acceptors (Lipinski definition) is 4. The van der Waals surface area contributed by atoms with Crippen molar-refractivity contribution < 1.29 is 4.42 Å². The summed E-state index contributed by atoms with van der Waals surface area (Å²) in [5, 5.41) is 13.8. The molecule has 3 heterocycles. The van der Waals surface area contributed by atoms with E-state index in [4.69, 9.17) is 19.4 Å². The first-order chi connectivity index (χ1) is 29.7. The largest absolute Gasteiger partial charge is 0.456 e. The second-order valence-electron chi connectivity index (χ2n) is 15.6. The maximum absolute atomic E-state index is 6.44. The third-order valence-corrected chi connectivity index (χ3v) is 12.2. The molecule has 0 radical (unpaired) electrons. The summed E-state index contributed by atoms with van der Waals surface area (Å²) >= 11 is 0. The summed E-state index contributed by atoms with van der Waals surface area (Å²) in [5.74, 6) is 1.73. The van der Waals surface area contributed by atoms with Crippen molar-refractivity contribution in [2.45, 2.75) is 0 Å². The van der Waals surface area contributed by atoms with Gasteiger partial charge in [-0.05, 0) is 109 Å². The van der Waals surface area contributed by atoms with Crippen molar-refractivity contribution in [2.24, 2.45) is 0 Å². The number of furan rings is 1. The Hall–Kier alpha value is -8.15. The zero-order valence-corrected chi connectivity index (χ0v) is 32.2. The third kappa shape index (κ3) is 4.96. The average molecular weight is 765 g/mol. The van der Waals surface area contributed by atoms with Crippen molar-refractivity contribution in [1.82, 2.24) is 19.5 Å². The Morgan fingerprint density at radius 3 is 1.53 bits per heavy atom. The molecule has 0 aliphatic rings. The quantitative estimate of drug-likeness (QED) is 0.179. The molecule has 13 rings (SSSR count). The van der Waals surface area contributed by atoms with Crippen molar-refractivity contribution in [2.75, 3.05) is 0 Å². The highest BCUT2D eigenvalue weighted by Gasteiger charge is 2.23. The molecule has 5 heteroatoms. The summed E-state index contributed by atoms with van der Waals surface area (Å²) in [6.07, 6.45) is 0. The van der Waals surface area contributed by atoms with Crippen LogP contribution in [-0.4, -0.2) is 19.5 Å². The molecule has 0 aliphatic heterocycles. The van der Waals surface area contributed by atoms with Crippen LogP contribution in [-0.2, 0) is 0 Å². The van der Waals surface area contributed by atoms with Gasteiger partial charge < -0.3 is 4.42 Å². The van der Waals surface area contributed by atoms with E-state index in [0.29, 0.717) is 17.6 Å². The van der Waals surface area contributed by atoms with Crippen LogP contribution in [0.2, 0.25) is 0 Å². The van der Waals surface area contributed by atoms with Gasteiger partial charge in [-0.15, -0.1) is 0 Å². The molecule has 0 unspecified atom stereocenters. The first-order valence-electron chi connectivity index (χ1n) is 20.3. The maximum atomic E-state index is 6.44. The third-order valence-electron chi connectivity index (χ3n) is 12.2. The van der Waals surface area contributed by atoms with Gasteiger partial charge in [-0.2, -0.15) is 9.97 Å². The average Bonchev–Trinajstić information content (AvgIpc) is 3.85. The maximum Gasteiger partial charge on any atom is 0.238 e. The Labute approximate surface area is 343 Å². The number of benzene rings is 10. The molecule has 0 aliphatic carbocycles. The number of fused-ring (bicyclic) bond motifs is 12. The zero-order chi connectivity index (χ0) is 39.3. The molecule has 0 amide bonds. The first-order valence-corrected chi connectivity index (χ1v) is 20.3. The van der Waals surface area contributed by atoms with Crippen LogP contribution in [0.25, 0.3) is 127 Å². The molecule has 278 valence electrons. The van der Waals surface area contributed by atoms with E-state index in [1.54, 1.807) is 0 Å². The van der Waals surface area contributed by atoms with E-state index in [9.17, 15) is 0 Å². The second kappa shape index (κ2) is 12.7. The molecule has 0 saturated carbocycles. The summed E-state index contributed by atoms with van der Waals surface area (Å²) in [4.78, 5) is 16.3. The number of aromatic nitrogens is 4. The summed E-state index contributed by atoms with van der Waals surface area (Å²) < 4.78 is 8.68. The van der Waals surface area contributed by atoms with Crippen LogP contribution in [0.3, 0.4) is 0 Å². The van der Waals surface area contributed by atoms with E-state index in [1.165, 1.54) is 37.7 Å². The van der Waals surface area contributed by atoms with Crippen molar-refractivity contribution in [3.63, 3.8) is 0 Å². The molecular formula is C55H32N4O. The van der Waals surface area contributed by atoms with Gasteiger partial charge in [0.05, 0.1) is 11.0 Å². The Bertz CT molecular complexity index is 3810. The molecular weight excluding hydrogens is 733 g/mol. The van der Waals surface area contributed by atoms with Crippen molar-refractivity contribution in [1.29, 1.82) is 0 Å². The fourth-order valence-corrected chi connectivity index (χ4v) is 9.36. The first kappa shape index (κ1) is 32.9. The molecule has 0 spiro atoms. The lowest BCUT2D eigenvalue weighted by Gasteiger charge is -2.15. The molecule has 3 aromatic heterocycles. The fourth-order valence-electron chi connectivity index (χ4n) is 9.36. The normalized spacial score (nSPS) is 12.0. The second-order valence-corrected chi connectivity index (χ2v) is 15.6. The topological polar surface area (TPSA) is 56.7 Å². The van der Waals surface area contributed by atoms with Crippen LogP contribution in [0.4, 0.5) is 0 Å². The summed E-state index contributed by atoms with van der Waals surface area (Å²) in [6, 6.07) is 68.7. The van der Waals surface area contributed by atoms with Gasteiger partial charge in [-0.1, -0.05) is 140 Å². The minimum Gasteiger partial charge on any atom is -0.456 e. The standard InChI is InChI=1S/C55H32N4O/c1-2-12-33(13-3-1)43-28-36-16-4-5-18-38(36)30-46(43)54-56-53(40-24-27-49-44(31-40)45-29-37-17-6-7-19-39(37)32-50(45)60-49)57-55(58-54)59-47-25-22-34-14-8-10-20-41(34)51(47)52-42-21-11-9-15-35(42)23-26-48(52)59/h1-32H. The number of rotatable bonds is 4. The fraction of sp³-hybridized carbons (Fsp3) is 0. The van der Waals surface area contributed by atoms with E-state index in [2.05, 4.69) is 193 Å². The molecule has 13 aromatic rings. The van der Waals surface area contributed by atoms with Gasteiger partial charge in [0.1, 0.15) is 11.2 Å². The molecule has 0 N–H and O–H groups in total. The van der Waals surface area contributed by atoms with Crippen LogP contribution >= 0.6 is 0 Å². The monoisotopic (exact) mass is 764 g/mol. The van der Waals surface area contributed by atoms with Crippen LogP contribution in [0.1, 0.15) is 0 Å². The number of hydrogen-bond donors (Lipinski definition) is 0.